The van der Waals surface area contributed by atoms with Gasteiger partial charge in [-0.2, -0.15) is 0 Å². The fourth-order valence-corrected chi connectivity index (χ4v) is 2.77. The van der Waals surface area contributed by atoms with Crippen LogP contribution < -0.4 is 10.1 Å². The Bertz CT molecular complexity index is 579. The van der Waals surface area contributed by atoms with E-state index in [0.29, 0.717) is 30.3 Å². The molecule has 6 nitrogen and oxygen atoms in total. The van der Waals surface area contributed by atoms with Crippen molar-refractivity contribution < 1.29 is 19.4 Å². The number of carbonyl (C=O) groups is 2. The predicted molar refractivity (Wildman–Crippen MR) is 86.3 cm³/mol. The van der Waals surface area contributed by atoms with E-state index in [2.05, 4.69) is 5.32 Å². The molecule has 0 bridgehead atoms. The number of aliphatic hydroxyl groups is 1. The fraction of sp³-hybridized carbons (Fsp3) is 0.500. The largest absolute Gasteiger partial charge is 0.495 e. The molecule has 1 fully saturated rings. The van der Waals surface area contributed by atoms with Crippen LogP contribution in [0.2, 0.25) is 5.02 Å². The number of likely N-dealkylation sites (tertiary alicyclic amines) is 1. The van der Waals surface area contributed by atoms with Crippen LogP contribution in [0.1, 0.15) is 24.8 Å². The van der Waals surface area contributed by atoms with Crippen LogP contribution in [0.25, 0.3) is 0 Å². The molecular weight excluding hydrogens is 320 g/mol. The van der Waals surface area contributed by atoms with Crippen LogP contribution in [0.5, 0.6) is 5.75 Å². The lowest BCUT2D eigenvalue weighted by molar-refractivity contribution is -0.142. The number of halogens is 1. The number of nitrogens with one attached hydrogen (secondary N) is 1. The molecule has 1 aromatic rings. The number of amides is 2. The van der Waals surface area contributed by atoms with E-state index in [9.17, 15) is 14.7 Å². The summed E-state index contributed by atoms with van der Waals surface area (Å²) in [7, 11) is 1.54. The van der Waals surface area contributed by atoms with Crippen molar-refractivity contribution in [3.05, 3.63) is 28.8 Å². The Kier molecular flexibility index (Phi) is 6.24. The van der Waals surface area contributed by atoms with Crippen molar-refractivity contribution in [1.82, 2.24) is 10.2 Å². The number of aliphatic hydroxyl groups excluding tert-OH is 1. The molecule has 1 unspecified atom stereocenters. The van der Waals surface area contributed by atoms with Crippen molar-refractivity contribution in [2.75, 3.05) is 20.2 Å². The first-order chi connectivity index (χ1) is 11.0. The molecule has 1 aliphatic rings. The van der Waals surface area contributed by atoms with Crippen molar-refractivity contribution in [2.24, 2.45) is 0 Å². The second-order valence-electron chi connectivity index (χ2n) is 5.52. The Morgan fingerprint density at radius 3 is 2.96 bits per heavy atom. The monoisotopic (exact) mass is 340 g/mol. The first kappa shape index (κ1) is 17.6. The molecule has 1 aromatic carbocycles. The number of hydrogen-bond donors (Lipinski definition) is 2. The zero-order chi connectivity index (χ0) is 16.8. The molecule has 0 aliphatic carbocycles. The van der Waals surface area contributed by atoms with E-state index in [1.807, 2.05) is 6.07 Å². The van der Waals surface area contributed by atoms with E-state index in [1.54, 1.807) is 12.1 Å². The number of ether oxygens (including phenoxy) is 1. The summed E-state index contributed by atoms with van der Waals surface area (Å²) >= 11 is 6.04. The molecule has 2 amide bonds. The molecular formula is C16H21ClN2O4. The Balaban J connectivity index is 1.87. The summed E-state index contributed by atoms with van der Waals surface area (Å²) in [6.45, 7) is 0.768. The number of nitrogens with zero attached hydrogens (tertiary/aromatic N) is 1. The van der Waals surface area contributed by atoms with Gasteiger partial charge in [-0.3, -0.25) is 9.59 Å². The lowest BCUT2D eigenvalue weighted by atomic mass is 10.2. The van der Waals surface area contributed by atoms with Crippen molar-refractivity contribution >= 4 is 23.4 Å². The highest BCUT2D eigenvalue weighted by atomic mass is 35.5. The first-order valence-corrected chi connectivity index (χ1v) is 7.95. The summed E-state index contributed by atoms with van der Waals surface area (Å²) < 4.78 is 5.07. The molecule has 23 heavy (non-hydrogen) atoms. The molecule has 2 N–H and O–H groups in total. The Morgan fingerprint density at radius 1 is 1.48 bits per heavy atom. The van der Waals surface area contributed by atoms with Gasteiger partial charge in [-0.25, -0.2) is 0 Å². The van der Waals surface area contributed by atoms with Gasteiger partial charge in [-0.1, -0.05) is 17.7 Å². The predicted octanol–water partition coefficient (Wildman–Crippen LogP) is 1.34. The normalized spacial score (nSPS) is 18.5. The molecule has 1 aliphatic heterocycles. The Labute approximate surface area is 140 Å². The minimum absolute atomic E-state index is 0.0419. The molecule has 126 valence electrons. The van der Waals surface area contributed by atoms with Gasteiger partial charge < -0.3 is 20.1 Å². The summed E-state index contributed by atoms with van der Waals surface area (Å²) in [5.41, 5.74) is 0.839. The van der Waals surface area contributed by atoms with E-state index < -0.39 is 6.10 Å². The SMILES string of the molecule is COc1ccc(CNC(=O)CN2CCCCC(O)C2=O)cc1Cl. The lowest BCUT2D eigenvalue weighted by Crippen LogP contribution is -2.44. The smallest absolute Gasteiger partial charge is 0.251 e. The third-order valence-electron chi connectivity index (χ3n) is 3.79. The summed E-state index contributed by atoms with van der Waals surface area (Å²) in [5.74, 6) is -0.0598. The van der Waals surface area contributed by atoms with Crippen LogP contribution in [-0.2, 0) is 16.1 Å². The number of benzene rings is 1. The maximum atomic E-state index is 12.0. The van der Waals surface area contributed by atoms with Gasteiger partial charge >= 0.3 is 0 Å². The van der Waals surface area contributed by atoms with Crippen molar-refractivity contribution in [3.8, 4) is 5.75 Å². The topological polar surface area (TPSA) is 78.9 Å². The Hall–Kier alpha value is -1.79. The first-order valence-electron chi connectivity index (χ1n) is 7.57. The van der Waals surface area contributed by atoms with Gasteiger partial charge in [0.1, 0.15) is 11.9 Å². The lowest BCUT2D eigenvalue weighted by Gasteiger charge is -2.21. The minimum Gasteiger partial charge on any atom is -0.495 e. The molecule has 2 rings (SSSR count). The molecule has 0 radical (unpaired) electrons. The van der Waals surface area contributed by atoms with Crippen molar-refractivity contribution in [3.63, 3.8) is 0 Å². The standard InChI is InChI=1S/C16H21ClN2O4/c1-23-14-6-5-11(8-12(14)17)9-18-15(21)10-19-7-3-2-4-13(20)16(19)22/h5-6,8,13,20H,2-4,7,9-10H2,1H3,(H,18,21). The number of hydrogen-bond acceptors (Lipinski definition) is 4. The van der Waals surface area contributed by atoms with Crippen LogP contribution in [0.4, 0.5) is 0 Å². The van der Waals surface area contributed by atoms with Gasteiger partial charge in [0.15, 0.2) is 0 Å². The number of carbonyl (C=O) groups excluding carboxylic acids is 2. The zero-order valence-electron chi connectivity index (χ0n) is 13.0. The van der Waals surface area contributed by atoms with E-state index in [0.717, 1.165) is 18.4 Å². The van der Waals surface area contributed by atoms with Crippen molar-refractivity contribution in [1.29, 1.82) is 0 Å². The summed E-state index contributed by atoms with van der Waals surface area (Å²) in [6.07, 6.45) is 1.05. The maximum absolute atomic E-state index is 12.0. The fourth-order valence-electron chi connectivity index (χ4n) is 2.49. The van der Waals surface area contributed by atoms with Crippen molar-refractivity contribution in [2.45, 2.75) is 31.9 Å². The number of methoxy groups -OCH3 is 1. The van der Waals surface area contributed by atoms with Crippen LogP contribution >= 0.6 is 11.6 Å². The second-order valence-corrected chi connectivity index (χ2v) is 5.92. The molecule has 0 saturated carbocycles. The van der Waals surface area contributed by atoms with Gasteiger partial charge in [-0.15, -0.1) is 0 Å². The summed E-state index contributed by atoms with van der Waals surface area (Å²) in [6, 6.07) is 5.27. The van der Waals surface area contributed by atoms with Crippen LogP contribution in [0, 0.1) is 0 Å². The molecule has 0 aromatic heterocycles. The van der Waals surface area contributed by atoms with Gasteiger partial charge in [0, 0.05) is 13.1 Å². The van der Waals surface area contributed by atoms with Crippen LogP contribution in [0.15, 0.2) is 18.2 Å². The molecule has 1 heterocycles. The Morgan fingerprint density at radius 2 is 2.26 bits per heavy atom. The van der Waals surface area contributed by atoms with Crippen LogP contribution in [0.3, 0.4) is 0 Å². The van der Waals surface area contributed by atoms with E-state index in [1.165, 1.54) is 12.0 Å². The highest BCUT2D eigenvalue weighted by Crippen LogP contribution is 2.24. The van der Waals surface area contributed by atoms with E-state index >= 15 is 0 Å². The van der Waals surface area contributed by atoms with Gasteiger partial charge in [0.25, 0.3) is 5.91 Å². The molecule has 1 saturated heterocycles. The highest BCUT2D eigenvalue weighted by Gasteiger charge is 2.26. The molecule has 0 spiro atoms. The second kappa shape index (κ2) is 8.17. The van der Waals surface area contributed by atoms with Crippen LogP contribution in [-0.4, -0.2) is 48.1 Å². The average molecular weight is 341 g/mol. The molecule has 7 heteroatoms. The number of rotatable bonds is 5. The van der Waals surface area contributed by atoms with Gasteiger partial charge in [0.2, 0.25) is 5.91 Å². The summed E-state index contributed by atoms with van der Waals surface area (Å²) in [5, 5.41) is 12.9. The maximum Gasteiger partial charge on any atom is 0.251 e. The zero-order valence-corrected chi connectivity index (χ0v) is 13.8. The quantitative estimate of drug-likeness (QED) is 0.847. The van der Waals surface area contributed by atoms with Gasteiger partial charge in [0.05, 0.1) is 18.7 Å². The third-order valence-corrected chi connectivity index (χ3v) is 4.09. The van der Waals surface area contributed by atoms with E-state index in [-0.39, 0.29) is 18.4 Å². The minimum atomic E-state index is -0.995. The third kappa shape index (κ3) is 4.84. The molecule has 1 atom stereocenters. The summed E-state index contributed by atoms with van der Waals surface area (Å²) in [4.78, 5) is 25.4. The van der Waals surface area contributed by atoms with E-state index in [4.69, 9.17) is 16.3 Å². The average Bonchev–Trinajstić information content (AvgIpc) is 2.69. The van der Waals surface area contributed by atoms with Gasteiger partial charge in [-0.05, 0) is 37.0 Å². The highest BCUT2D eigenvalue weighted by molar-refractivity contribution is 6.32.